The van der Waals surface area contributed by atoms with Gasteiger partial charge in [0.15, 0.2) is 0 Å². The van der Waals surface area contributed by atoms with Crippen molar-refractivity contribution >= 4 is 16.7 Å². The minimum atomic E-state index is 0.110. The van der Waals surface area contributed by atoms with Crippen molar-refractivity contribution in [1.29, 1.82) is 0 Å². The smallest absolute Gasteiger partial charge is 0.131 e. The van der Waals surface area contributed by atoms with E-state index in [0.29, 0.717) is 6.54 Å². The van der Waals surface area contributed by atoms with E-state index in [1.165, 1.54) is 5.69 Å². The van der Waals surface area contributed by atoms with Crippen molar-refractivity contribution in [3.63, 3.8) is 0 Å². The molecule has 1 N–H and O–H groups in total. The monoisotopic (exact) mass is 363 g/mol. The summed E-state index contributed by atoms with van der Waals surface area (Å²) in [5, 5.41) is 7.99. The summed E-state index contributed by atoms with van der Waals surface area (Å²) in [6.45, 7) is 6.88. The van der Waals surface area contributed by atoms with Gasteiger partial charge in [-0.1, -0.05) is 12.1 Å². The van der Waals surface area contributed by atoms with E-state index >= 15 is 0 Å². The second kappa shape index (κ2) is 6.57. The first-order valence-corrected chi connectivity index (χ1v) is 9.13. The molecule has 0 saturated carbocycles. The predicted octanol–water partition coefficient (Wildman–Crippen LogP) is 3.34. The summed E-state index contributed by atoms with van der Waals surface area (Å²) in [6, 6.07) is 8.27. The highest BCUT2D eigenvalue weighted by Gasteiger charge is 2.16. The number of hydrogen-bond acceptors (Lipinski definition) is 4. The van der Waals surface area contributed by atoms with E-state index in [0.717, 1.165) is 34.1 Å². The number of hydrogen-bond donors (Lipinski definition) is 1. The number of aromatic nitrogens is 6. The molecule has 1 unspecified atom stereocenters. The highest BCUT2D eigenvalue weighted by molar-refractivity contribution is 5.75. The van der Waals surface area contributed by atoms with Crippen molar-refractivity contribution in [2.45, 2.75) is 33.4 Å². The highest BCUT2D eigenvalue weighted by Crippen LogP contribution is 2.22. The van der Waals surface area contributed by atoms with Crippen molar-refractivity contribution in [2.24, 2.45) is 14.1 Å². The molecule has 0 aliphatic rings. The van der Waals surface area contributed by atoms with Crippen LogP contribution in [-0.4, -0.2) is 28.9 Å². The van der Waals surface area contributed by atoms with E-state index in [9.17, 15) is 0 Å². The number of nitrogens with one attached hydrogen (secondary N) is 1. The third-order valence-electron chi connectivity index (χ3n) is 5.25. The molecular formula is C20H25N7. The van der Waals surface area contributed by atoms with Crippen molar-refractivity contribution in [3.8, 4) is 0 Å². The van der Waals surface area contributed by atoms with E-state index in [1.54, 1.807) is 0 Å². The van der Waals surface area contributed by atoms with Gasteiger partial charge in [-0.3, -0.25) is 4.68 Å². The number of para-hydroxylation sites is 2. The molecule has 7 heteroatoms. The Morgan fingerprint density at radius 1 is 1.07 bits per heavy atom. The van der Waals surface area contributed by atoms with Gasteiger partial charge < -0.3 is 14.5 Å². The second-order valence-electron chi connectivity index (χ2n) is 7.06. The summed E-state index contributed by atoms with van der Waals surface area (Å²) >= 11 is 0. The Labute approximate surface area is 158 Å². The van der Waals surface area contributed by atoms with Crippen LogP contribution in [0.2, 0.25) is 0 Å². The van der Waals surface area contributed by atoms with Crippen LogP contribution < -0.4 is 5.32 Å². The molecule has 1 atom stereocenters. The molecule has 0 spiro atoms. The van der Waals surface area contributed by atoms with E-state index < -0.39 is 0 Å². The van der Waals surface area contributed by atoms with Gasteiger partial charge in [-0.05, 0) is 32.9 Å². The van der Waals surface area contributed by atoms with Crippen LogP contribution in [0.4, 0.5) is 5.69 Å². The van der Waals surface area contributed by atoms with E-state index in [-0.39, 0.29) is 6.04 Å². The van der Waals surface area contributed by atoms with Crippen molar-refractivity contribution < 1.29 is 0 Å². The molecule has 3 aromatic heterocycles. The number of imidazole rings is 2. The first kappa shape index (κ1) is 17.3. The third-order valence-corrected chi connectivity index (χ3v) is 5.25. The largest absolute Gasteiger partial charge is 0.374 e. The molecule has 0 fully saturated rings. The third kappa shape index (κ3) is 3.09. The van der Waals surface area contributed by atoms with Gasteiger partial charge in [0.05, 0.1) is 41.2 Å². The maximum absolute atomic E-state index is 4.72. The van der Waals surface area contributed by atoms with Gasteiger partial charge >= 0.3 is 0 Å². The first-order valence-electron chi connectivity index (χ1n) is 9.13. The second-order valence-corrected chi connectivity index (χ2v) is 7.06. The minimum Gasteiger partial charge on any atom is -0.374 e. The SMILES string of the molecule is Cc1nc(C(C)Nc2cnn(Cc3nc4ccccc4n3C)c2)c(C)n1C. The van der Waals surface area contributed by atoms with Gasteiger partial charge in [0.1, 0.15) is 11.6 Å². The van der Waals surface area contributed by atoms with Crippen LogP contribution in [0, 0.1) is 13.8 Å². The zero-order valence-corrected chi connectivity index (χ0v) is 16.4. The predicted molar refractivity (Wildman–Crippen MR) is 107 cm³/mol. The van der Waals surface area contributed by atoms with Crippen LogP contribution in [-0.2, 0) is 20.6 Å². The molecule has 27 heavy (non-hydrogen) atoms. The Hall–Kier alpha value is -3.09. The van der Waals surface area contributed by atoms with E-state index in [1.807, 2.05) is 56.3 Å². The minimum absolute atomic E-state index is 0.110. The molecule has 0 saturated heterocycles. The number of anilines is 1. The molecule has 4 rings (SSSR count). The Morgan fingerprint density at radius 2 is 1.85 bits per heavy atom. The van der Waals surface area contributed by atoms with Gasteiger partial charge in [-0.2, -0.15) is 5.10 Å². The highest BCUT2D eigenvalue weighted by atomic mass is 15.3. The van der Waals surface area contributed by atoms with Crippen LogP contribution in [0.1, 0.15) is 36.0 Å². The summed E-state index contributed by atoms with van der Waals surface area (Å²) in [6.07, 6.45) is 3.87. The van der Waals surface area contributed by atoms with Crippen molar-refractivity contribution in [2.75, 3.05) is 5.32 Å². The summed E-state index contributed by atoms with van der Waals surface area (Å²) in [5.74, 6) is 2.00. The Bertz CT molecular complexity index is 1100. The number of fused-ring (bicyclic) bond motifs is 1. The van der Waals surface area contributed by atoms with Gasteiger partial charge in [0.2, 0.25) is 0 Å². The maximum Gasteiger partial charge on any atom is 0.131 e. The fourth-order valence-electron chi connectivity index (χ4n) is 3.48. The zero-order chi connectivity index (χ0) is 19.1. The number of aryl methyl sites for hydroxylation is 2. The van der Waals surface area contributed by atoms with Crippen LogP contribution in [0.15, 0.2) is 36.7 Å². The van der Waals surface area contributed by atoms with Crippen molar-refractivity contribution in [3.05, 3.63) is 59.7 Å². The van der Waals surface area contributed by atoms with Crippen molar-refractivity contribution in [1.82, 2.24) is 28.9 Å². The van der Waals surface area contributed by atoms with Gasteiger partial charge in [-0.25, -0.2) is 9.97 Å². The average molecular weight is 363 g/mol. The zero-order valence-electron chi connectivity index (χ0n) is 16.4. The Balaban J connectivity index is 1.51. The van der Waals surface area contributed by atoms with Crippen LogP contribution in [0.25, 0.3) is 11.0 Å². The fourth-order valence-corrected chi connectivity index (χ4v) is 3.48. The van der Waals surface area contributed by atoms with Gasteiger partial charge in [-0.15, -0.1) is 0 Å². The molecule has 3 heterocycles. The molecule has 0 aliphatic carbocycles. The summed E-state index contributed by atoms with van der Waals surface area (Å²) in [5.41, 5.74) is 5.37. The van der Waals surface area contributed by atoms with E-state index in [4.69, 9.17) is 4.98 Å². The number of benzene rings is 1. The average Bonchev–Trinajstić information content (AvgIpc) is 3.30. The van der Waals surface area contributed by atoms with Crippen LogP contribution >= 0.6 is 0 Å². The molecule has 1 aromatic carbocycles. The van der Waals surface area contributed by atoms with E-state index in [2.05, 4.69) is 44.4 Å². The fraction of sp³-hybridized carbons (Fsp3) is 0.350. The lowest BCUT2D eigenvalue weighted by molar-refractivity contribution is 0.636. The molecule has 7 nitrogen and oxygen atoms in total. The molecule has 0 amide bonds. The lowest BCUT2D eigenvalue weighted by Crippen LogP contribution is -2.09. The number of nitrogens with zero attached hydrogens (tertiary/aromatic N) is 6. The van der Waals surface area contributed by atoms with Crippen LogP contribution in [0.3, 0.4) is 0 Å². The molecular weight excluding hydrogens is 338 g/mol. The summed E-state index contributed by atoms with van der Waals surface area (Å²) in [4.78, 5) is 9.39. The Morgan fingerprint density at radius 3 is 2.56 bits per heavy atom. The maximum atomic E-state index is 4.72. The summed E-state index contributed by atoms with van der Waals surface area (Å²) < 4.78 is 6.14. The molecule has 4 aromatic rings. The summed E-state index contributed by atoms with van der Waals surface area (Å²) in [7, 11) is 4.09. The molecule has 0 radical (unpaired) electrons. The quantitative estimate of drug-likeness (QED) is 0.591. The Kier molecular flexibility index (Phi) is 4.22. The lowest BCUT2D eigenvalue weighted by atomic mass is 10.2. The number of rotatable bonds is 5. The molecule has 140 valence electrons. The standard InChI is InChI=1S/C20H25N7/c1-13(20-14(2)25(4)15(3)23-20)22-16-10-21-27(11-16)12-19-24-17-8-6-7-9-18(17)26(19)5/h6-11,13,22H,12H2,1-5H3. The first-order chi connectivity index (χ1) is 12.9. The van der Waals surface area contributed by atoms with Gasteiger partial charge in [0, 0.05) is 26.0 Å². The van der Waals surface area contributed by atoms with Crippen LogP contribution in [0.5, 0.6) is 0 Å². The topological polar surface area (TPSA) is 65.5 Å². The normalized spacial score (nSPS) is 12.6. The molecule has 0 aliphatic heterocycles. The molecule has 0 bridgehead atoms. The van der Waals surface area contributed by atoms with Gasteiger partial charge in [0.25, 0.3) is 0 Å². The lowest BCUT2D eigenvalue weighted by Gasteiger charge is -2.12.